The van der Waals surface area contributed by atoms with E-state index in [4.69, 9.17) is 5.73 Å². The van der Waals surface area contributed by atoms with Crippen LogP contribution in [0.4, 0.5) is 4.79 Å². The second-order valence-corrected chi connectivity index (χ2v) is 3.16. The lowest BCUT2D eigenvalue weighted by Gasteiger charge is -2.11. The van der Waals surface area contributed by atoms with E-state index in [-0.39, 0.29) is 18.0 Å². The maximum Gasteiger partial charge on any atom is 0.324 e. The first-order valence-corrected chi connectivity index (χ1v) is 4.48. The molecule has 1 heterocycles. The van der Waals surface area contributed by atoms with Crippen LogP contribution in [0.2, 0.25) is 0 Å². The molecule has 74 valence electrons. The van der Waals surface area contributed by atoms with Gasteiger partial charge in [0.1, 0.15) is 6.04 Å². The van der Waals surface area contributed by atoms with Crippen LogP contribution in [0.3, 0.4) is 0 Å². The molecule has 1 aliphatic heterocycles. The van der Waals surface area contributed by atoms with Gasteiger partial charge in [0.05, 0.1) is 0 Å². The number of carbonyl (C=O) groups is 2. The minimum Gasteiger partial charge on any atom is -0.330 e. The first-order valence-electron chi connectivity index (χ1n) is 4.48. The molecule has 1 aliphatic rings. The number of unbranched alkanes of at least 4 members (excludes halogenated alkanes) is 1. The number of nitrogens with two attached hydrogens (primary N) is 1. The summed E-state index contributed by atoms with van der Waals surface area (Å²) in [6.45, 7) is 2.76. The molecule has 1 fully saturated rings. The molecule has 1 unspecified atom stereocenters. The fourth-order valence-electron chi connectivity index (χ4n) is 1.28. The molecular weight excluding hydrogens is 170 g/mol. The molecule has 0 aliphatic carbocycles. The van der Waals surface area contributed by atoms with Gasteiger partial charge in [-0.15, -0.1) is 0 Å². The molecule has 0 aromatic heterocycles. The molecule has 1 rings (SSSR count). The molecule has 0 radical (unpaired) electrons. The van der Waals surface area contributed by atoms with Crippen LogP contribution < -0.4 is 11.1 Å². The fourth-order valence-corrected chi connectivity index (χ4v) is 1.28. The van der Waals surface area contributed by atoms with Crippen molar-refractivity contribution >= 4 is 11.9 Å². The van der Waals surface area contributed by atoms with Gasteiger partial charge in [0.25, 0.3) is 5.91 Å². The number of hydrogen-bond acceptors (Lipinski definition) is 3. The van der Waals surface area contributed by atoms with Gasteiger partial charge in [-0.05, 0) is 26.3 Å². The van der Waals surface area contributed by atoms with Crippen LogP contribution in [0.1, 0.15) is 19.8 Å². The number of rotatable bonds is 4. The summed E-state index contributed by atoms with van der Waals surface area (Å²) in [5.74, 6) is -0.137. The minimum atomic E-state index is -0.370. The van der Waals surface area contributed by atoms with Crippen molar-refractivity contribution in [2.75, 3.05) is 13.1 Å². The predicted molar refractivity (Wildman–Crippen MR) is 48.0 cm³/mol. The van der Waals surface area contributed by atoms with Crippen molar-refractivity contribution in [3.8, 4) is 0 Å². The molecule has 0 saturated carbocycles. The van der Waals surface area contributed by atoms with E-state index in [1.165, 1.54) is 4.90 Å². The topological polar surface area (TPSA) is 75.4 Å². The van der Waals surface area contributed by atoms with Crippen molar-refractivity contribution in [1.29, 1.82) is 0 Å². The second-order valence-electron chi connectivity index (χ2n) is 3.16. The third-order valence-corrected chi connectivity index (χ3v) is 2.06. The summed E-state index contributed by atoms with van der Waals surface area (Å²) in [6, 6.07) is -0.653. The average molecular weight is 185 g/mol. The second kappa shape index (κ2) is 4.23. The molecule has 0 bridgehead atoms. The van der Waals surface area contributed by atoms with Gasteiger partial charge in [-0.25, -0.2) is 4.79 Å². The summed E-state index contributed by atoms with van der Waals surface area (Å²) in [4.78, 5) is 23.7. The highest BCUT2D eigenvalue weighted by atomic mass is 16.2. The van der Waals surface area contributed by atoms with Crippen LogP contribution in [0.15, 0.2) is 0 Å². The molecule has 0 spiro atoms. The molecule has 1 saturated heterocycles. The van der Waals surface area contributed by atoms with E-state index in [1.807, 2.05) is 0 Å². The molecule has 3 amide bonds. The van der Waals surface area contributed by atoms with E-state index >= 15 is 0 Å². The number of imide groups is 1. The minimum absolute atomic E-state index is 0.137. The third-order valence-electron chi connectivity index (χ3n) is 2.06. The van der Waals surface area contributed by atoms with Gasteiger partial charge >= 0.3 is 6.03 Å². The smallest absolute Gasteiger partial charge is 0.324 e. The van der Waals surface area contributed by atoms with E-state index in [1.54, 1.807) is 6.92 Å². The SMILES string of the molecule is CC1NC(=O)N(CCCCN)C1=O. The summed E-state index contributed by atoms with van der Waals surface area (Å²) < 4.78 is 0. The lowest BCUT2D eigenvalue weighted by molar-refractivity contribution is -0.127. The van der Waals surface area contributed by atoms with E-state index < -0.39 is 0 Å². The zero-order valence-electron chi connectivity index (χ0n) is 7.75. The molecule has 5 nitrogen and oxygen atoms in total. The van der Waals surface area contributed by atoms with Crippen LogP contribution >= 0.6 is 0 Å². The van der Waals surface area contributed by atoms with Crippen LogP contribution in [-0.4, -0.2) is 36.0 Å². The molecule has 0 aromatic carbocycles. The maximum atomic E-state index is 11.3. The number of carbonyl (C=O) groups excluding carboxylic acids is 2. The Labute approximate surface area is 77.3 Å². The molecular formula is C8H15N3O2. The van der Waals surface area contributed by atoms with Crippen molar-refractivity contribution in [2.45, 2.75) is 25.8 Å². The Balaban J connectivity index is 2.40. The van der Waals surface area contributed by atoms with Crippen LogP contribution in [0.25, 0.3) is 0 Å². The van der Waals surface area contributed by atoms with Crippen LogP contribution in [-0.2, 0) is 4.79 Å². The predicted octanol–water partition coefficient (Wildman–Crippen LogP) is -0.334. The Morgan fingerprint density at radius 1 is 1.46 bits per heavy atom. The van der Waals surface area contributed by atoms with Gasteiger partial charge in [0.2, 0.25) is 0 Å². The Kier molecular flexibility index (Phi) is 3.25. The molecule has 0 aromatic rings. The van der Waals surface area contributed by atoms with Crippen LogP contribution in [0.5, 0.6) is 0 Å². The van der Waals surface area contributed by atoms with E-state index in [2.05, 4.69) is 5.32 Å². The highest BCUT2D eigenvalue weighted by Crippen LogP contribution is 2.06. The zero-order chi connectivity index (χ0) is 9.84. The number of amides is 3. The van der Waals surface area contributed by atoms with Gasteiger partial charge in [0, 0.05) is 6.54 Å². The highest BCUT2D eigenvalue weighted by molar-refractivity contribution is 6.03. The molecule has 5 heteroatoms. The number of hydrogen-bond donors (Lipinski definition) is 2. The zero-order valence-corrected chi connectivity index (χ0v) is 7.75. The summed E-state index contributed by atoms with van der Waals surface area (Å²) in [6.07, 6.45) is 1.62. The lowest BCUT2D eigenvalue weighted by Crippen LogP contribution is -2.32. The van der Waals surface area contributed by atoms with E-state index in [0.717, 1.165) is 12.8 Å². The van der Waals surface area contributed by atoms with Gasteiger partial charge < -0.3 is 11.1 Å². The molecule has 1 atom stereocenters. The Morgan fingerprint density at radius 2 is 2.15 bits per heavy atom. The Morgan fingerprint density at radius 3 is 2.62 bits per heavy atom. The highest BCUT2D eigenvalue weighted by Gasteiger charge is 2.33. The van der Waals surface area contributed by atoms with Gasteiger partial charge in [-0.1, -0.05) is 0 Å². The van der Waals surface area contributed by atoms with Gasteiger partial charge in [-0.3, -0.25) is 9.69 Å². The number of nitrogens with zero attached hydrogens (tertiary/aromatic N) is 1. The van der Waals surface area contributed by atoms with Gasteiger partial charge in [-0.2, -0.15) is 0 Å². The summed E-state index contributed by atoms with van der Waals surface area (Å²) >= 11 is 0. The monoisotopic (exact) mass is 185 g/mol. The average Bonchev–Trinajstić information content (AvgIpc) is 2.32. The van der Waals surface area contributed by atoms with Crippen molar-refractivity contribution in [3.63, 3.8) is 0 Å². The summed E-state index contributed by atoms with van der Waals surface area (Å²) in [5, 5.41) is 2.55. The van der Waals surface area contributed by atoms with Crippen molar-refractivity contribution < 1.29 is 9.59 Å². The first-order chi connectivity index (χ1) is 6.16. The fraction of sp³-hybridized carbons (Fsp3) is 0.750. The number of urea groups is 1. The standard InChI is InChI=1S/C8H15N3O2/c1-6-7(12)11(8(13)10-6)5-3-2-4-9/h6H,2-5,9H2,1H3,(H,10,13). The van der Waals surface area contributed by atoms with Crippen molar-refractivity contribution in [1.82, 2.24) is 10.2 Å². The van der Waals surface area contributed by atoms with Crippen molar-refractivity contribution in [3.05, 3.63) is 0 Å². The molecule has 3 N–H and O–H groups in total. The normalized spacial score (nSPS) is 22.3. The Bertz CT molecular complexity index is 217. The van der Waals surface area contributed by atoms with Crippen molar-refractivity contribution in [2.24, 2.45) is 5.73 Å². The number of nitrogens with one attached hydrogen (secondary N) is 1. The quantitative estimate of drug-likeness (QED) is 0.465. The summed E-state index contributed by atoms with van der Waals surface area (Å²) in [5.41, 5.74) is 5.31. The largest absolute Gasteiger partial charge is 0.330 e. The third kappa shape index (κ3) is 2.18. The summed E-state index contributed by atoms with van der Waals surface area (Å²) in [7, 11) is 0. The van der Waals surface area contributed by atoms with E-state index in [9.17, 15) is 9.59 Å². The van der Waals surface area contributed by atoms with Crippen LogP contribution in [0, 0.1) is 0 Å². The van der Waals surface area contributed by atoms with Gasteiger partial charge in [0.15, 0.2) is 0 Å². The molecule has 13 heavy (non-hydrogen) atoms. The van der Waals surface area contributed by atoms with E-state index in [0.29, 0.717) is 13.1 Å². The maximum absolute atomic E-state index is 11.3. The lowest BCUT2D eigenvalue weighted by atomic mass is 10.3. The Hall–Kier alpha value is -1.10. The first kappa shape index (κ1) is 9.98.